The molecule has 3 aromatic rings. The molecule has 7 heteroatoms. The molecule has 0 aliphatic heterocycles. The first-order valence-corrected chi connectivity index (χ1v) is 7.06. The molecule has 0 unspecified atom stereocenters. The molecule has 0 aliphatic rings. The molecule has 0 spiro atoms. The van der Waals surface area contributed by atoms with Crippen LogP contribution in [0.4, 0.5) is 13.2 Å². The van der Waals surface area contributed by atoms with Crippen molar-refractivity contribution in [2.24, 2.45) is 0 Å². The Labute approximate surface area is 131 Å². The number of nitrogens with one attached hydrogen (secondary N) is 1. The zero-order valence-corrected chi connectivity index (χ0v) is 12.6. The number of halogens is 3. The van der Waals surface area contributed by atoms with E-state index in [1.54, 1.807) is 17.1 Å². The van der Waals surface area contributed by atoms with Gasteiger partial charge in [-0.25, -0.2) is 13.2 Å². The molecule has 2 aromatic heterocycles. The Morgan fingerprint density at radius 2 is 2.00 bits per heavy atom. The molecule has 0 bridgehead atoms. The number of hydrogen-bond acceptors (Lipinski definition) is 2. The second kappa shape index (κ2) is 5.91. The first-order chi connectivity index (χ1) is 11.0. The molecule has 0 aliphatic carbocycles. The minimum absolute atomic E-state index is 0.508. The minimum atomic E-state index is -2.85. The largest absolute Gasteiger partial charge is 0.282 e. The number of H-pyrrole nitrogens is 1. The van der Waals surface area contributed by atoms with Gasteiger partial charge in [-0.1, -0.05) is 6.07 Å². The Bertz CT molecular complexity index is 816. The second-order valence-electron chi connectivity index (χ2n) is 5.38. The highest BCUT2D eigenvalue weighted by atomic mass is 19.3. The van der Waals surface area contributed by atoms with Crippen LogP contribution in [0.1, 0.15) is 28.9 Å². The second-order valence-corrected chi connectivity index (χ2v) is 5.38. The first kappa shape index (κ1) is 15.3. The maximum absolute atomic E-state index is 13.4. The van der Waals surface area contributed by atoms with Gasteiger partial charge in [0.25, 0.3) is 6.43 Å². The molecule has 1 N–H and O–H groups in total. The number of benzene rings is 1. The van der Waals surface area contributed by atoms with Crippen LogP contribution in [0.2, 0.25) is 0 Å². The summed E-state index contributed by atoms with van der Waals surface area (Å²) >= 11 is 0. The molecule has 4 nitrogen and oxygen atoms in total. The van der Waals surface area contributed by atoms with Gasteiger partial charge in [0.1, 0.15) is 5.82 Å². The molecule has 0 saturated carbocycles. The quantitative estimate of drug-likeness (QED) is 0.789. The van der Waals surface area contributed by atoms with Crippen LogP contribution < -0.4 is 0 Å². The first-order valence-electron chi connectivity index (χ1n) is 7.06. The van der Waals surface area contributed by atoms with Crippen molar-refractivity contribution < 1.29 is 13.2 Å². The molecule has 0 atom stereocenters. The highest BCUT2D eigenvalue weighted by molar-refractivity contribution is 5.62. The van der Waals surface area contributed by atoms with Gasteiger partial charge in [-0.2, -0.15) is 10.2 Å². The van der Waals surface area contributed by atoms with Gasteiger partial charge in [0.15, 0.2) is 0 Å². The topological polar surface area (TPSA) is 46.5 Å². The lowest BCUT2D eigenvalue weighted by molar-refractivity contribution is 0.146. The van der Waals surface area contributed by atoms with E-state index in [0.29, 0.717) is 17.7 Å². The van der Waals surface area contributed by atoms with E-state index in [4.69, 9.17) is 0 Å². The predicted molar refractivity (Wildman–Crippen MR) is 79.7 cm³/mol. The van der Waals surface area contributed by atoms with E-state index in [2.05, 4.69) is 15.3 Å². The minimum Gasteiger partial charge on any atom is -0.282 e. The van der Waals surface area contributed by atoms with E-state index < -0.39 is 17.8 Å². The Hall–Kier alpha value is -2.57. The Kier molecular flexibility index (Phi) is 3.94. The van der Waals surface area contributed by atoms with Crippen LogP contribution in [0.3, 0.4) is 0 Å². The molecule has 0 radical (unpaired) electrons. The van der Waals surface area contributed by atoms with Crippen LogP contribution in [0, 0.1) is 19.7 Å². The standard InChI is InChI=1S/C16H15F3N4/c1-9-14(10(2)22-21-9)8-23-7-12(6-20-23)11-3-4-15(17)13(5-11)16(18)19/h3-7,16H,8H2,1-2H3,(H,21,22). The highest BCUT2D eigenvalue weighted by Gasteiger charge is 2.15. The molecule has 0 fully saturated rings. The smallest absolute Gasteiger partial charge is 0.266 e. The average molecular weight is 320 g/mol. The van der Waals surface area contributed by atoms with Crippen molar-refractivity contribution in [3.05, 3.63) is 58.9 Å². The number of aromatic amines is 1. The van der Waals surface area contributed by atoms with Crippen LogP contribution in [-0.4, -0.2) is 20.0 Å². The fourth-order valence-electron chi connectivity index (χ4n) is 2.46. The number of rotatable bonds is 4. The molecule has 2 heterocycles. The maximum atomic E-state index is 13.4. The summed E-state index contributed by atoms with van der Waals surface area (Å²) in [4.78, 5) is 0. The lowest BCUT2D eigenvalue weighted by atomic mass is 10.1. The normalized spacial score (nSPS) is 11.4. The molecule has 0 saturated heterocycles. The summed E-state index contributed by atoms with van der Waals surface area (Å²) in [6.07, 6.45) is 0.475. The summed E-state index contributed by atoms with van der Waals surface area (Å²) in [5.74, 6) is -0.902. The Morgan fingerprint density at radius 3 is 2.65 bits per heavy atom. The number of aromatic nitrogens is 4. The summed E-state index contributed by atoms with van der Waals surface area (Å²) in [5.41, 5.74) is 3.45. The number of hydrogen-bond donors (Lipinski definition) is 1. The summed E-state index contributed by atoms with van der Waals surface area (Å²) < 4.78 is 40.7. The van der Waals surface area contributed by atoms with Gasteiger partial charge >= 0.3 is 0 Å². The van der Waals surface area contributed by atoms with E-state index in [0.717, 1.165) is 29.1 Å². The van der Waals surface area contributed by atoms with Gasteiger partial charge in [-0.05, 0) is 31.5 Å². The van der Waals surface area contributed by atoms with Crippen LogP contribution in [0.5, 0.6) is 0 Å². The molecular weight excluding hydrogens is 305 g/mol. The van der Waals surface area contributed by atoms with Gasteiger partial charge < -0.3 is 0 Å². The summed E-state index contributed by atoms with van der Waals surface area (Å²) in [7, 11) is 0. The Balaban J connectivity index is 1.89. The third-order valence-corrected chi connectivity index (χ3v) is 3.80. The zero-order valence-electron chi connectivity index (χ0n) is 12.6. The lowest BCUT2D eigenvalue weighted by Gasteiger charge is -2.04. The lowest BCUT2D eigenvalue weighted by Crippen LogP contribution is -2.01. The third-order valence-electron chi connectivity index (χ3n) is 3.80. The highest BCUT2D eigenvalue weighted by Crippen LogP contribution is 2.28. The molecule has 120 valence electrons. The van der Waals surface area contributed by atoms with Gasteiger partial charge in [0, 0.05) is 23.0 Å². The van der Waals surface area contributed by atoms with Crippen molar-refractivity contribution in [1.29, 1.82) is 0 Å². The van der Waals surface area contributed by atoms with E-state index in [1.165, 1.54) is 6.07 Å². The van der Waals surface area contributed by atoms with Crippen LogP contribution >= 0.6 is 0 Å². The summed E-state index contributed by atoms with van der Waals surface area (Å²) in [6, 6.07) is 3.69. The average Bonchev–Trinajstić information content (AvgIpc) is 3.10. The van der Waals surface area contributed by atoms with Gasteiger partial charge in [-0.3, -0.25) is 9.78 Å². The van der Waals surface area contributed by atoms with Crippen LogP contribution in [0.25, 0.3) is 11.1 Å². The third kappa shape index (κ3) is 2.99. The van der Waals surface area contributed by atoms with Crippen LogP contribution in [-0.2, 0) is 6.54 Å². The van der Waals surface area contributed by atoms with Crippen LogP contribution in [0.15, 0.2) is 30.6 Å². The maximum Gasteiger partial charge on any atom is 0.266 e. The van der Waals surface area contributed by atoms with Gasteiger partial charge in [0.05, 0.1) is 24.0 Å². The molecular formula is C16H15F3N4. The number of nitrogens with zero attached hydrogens (tertiary/aromatic N) is 3. The monoisotopic (exact) mass is 320 g/mol. The molecule has 1 aromatic carbocycles. The van der Waals surface area contributed by atoms with Crippen molar-refractivity contribution in [1.82, 2.24) is 20.0 Å². The molecule has 0 amide bonds. The van der Waals surface area contributed by atoms with E-state index >= 15 is 0 Å². The van der Waals surface area contributed by atoms with E-state index in [9.17, 15) is 13.2 Å². The van der Waals surface area contributed by atoms with E-state index in [-0.39, 0.29) is 0 Å². The molecule has 3 rings (SSSR count). The zero-order chi connectivity index (χ0) is 16.6. The fraction of sp³-hybridized carbons (Fsp3) is 0.250. The van der Waals surface area contributed by atoms with Crippen molar-refractivity contribution in [3.8, 4) is 11.1 Å². The van der Waals surface area contributed by atoms with Crippen molar-refractivity contribution in [2.75, 3.05) is 0 Å². The SMILES string of the molecule is Cc1n[nH]c(C)c1Cn1cc(-c2ccc(F)c(C(F)F)c2)cn1. The number of aryl methyl sites for hydroxylation is 2. The van der Waals surface area contributed by atoms with Crippen molar-refractivity contribution in [2.45, 2.75) is 26.8 Å². The van der Waals surface area contributed by atoms with Crippen molar-refractivity contribution in [3.63, 3.8) is 0 Å². The van der Waals surface area contributed by atoms with E-state index in [1.807, 2.05) is 13.8 Å². The molecule has 23 heavy (non-hydrogen) atoms. The van der Waals surface area contributed by atoms with Gasteiger partial charge in [-0.15, -0.1) is 0 Å². The predicted octanol–water partition coefficient (Wildman–Crippen LogP) is 4.02. The van der Waals surface area contributed by atoms with Gasteiger partial charge in [0.2, 0.25) is 0 Å². The Morgan fingerprint density at radius 1 is 1.22 bits per heavy atom. The summed E-state index contributed by atoms with van der Waals surface area (Å²) in [5, 5.41) is 11.3. The number of alkyl halides is 2. The fourth-order valence-corrected chi connectivity index (χ4v) is 2.46. The summed E-state index contributed by atoms with van der Waals surface area (Å²) in [6.45, 7) is 4.35. The van der Waals surface area contributed by atoms with Crippen molar-refractivity contribution >= 4 is 0 Å².